The number of nitrogens with zero attached hydrogens (tertiary/aromatic N) is 1. The summed E-state index contributed by atoms with van der Waals surface area (Å²) in [4.78, 5) is 19.2. The lowest BCUT2D eigenvalue weighted by Crippen LogP contribution is -2.33. The molecule has 0 saturated carbocycles. The number of fused-ring (bicyclic) bond motifs is 1. The molecule has 1 heterocycles. The van der Waals surface area contributed by atoms with Crippen LogP contribution < -0.4 is 10.9 Å². The highest BCUT2D eigenvalue weighted by atomic mass is 16.1. The molecule has 1 unspecified atom stereocenters. The Balaban J connectivity index is 2.20. The van der Waals surface area contributed by atoms with Gasteiger partial charge in [-0.2, -0.15) is 0 Å². The first-order valence-electron chi connectivity index (χ1n) is 6.83. The van der Waals surface area contributed by atoms with E-state index in [-0.39, 0.29) is 5.56 Å². The summed E-state index contributed by atoms with van der Waals surface area (Å²) in [6.07, 6.45) is 1.06. The van der Waals surface area contributed by atoms with Crippen LogP contribution in [-0.2, 0) is 6.54 Å². The molecule has 1 aromatic carbocycles. The van der Waals surface area contributed by atoms with E-state index in [1.807, 2.05) is 18.2 Å². The Morgan fingerprint density at radius 1 is 1.32 bits per heavy atom. The first-order valence-corrected chi connectivity index (χ1v) is 6.83. The summed E-state index contributed by atoms with van der Waals surface area (Å²) in [7, 11) is 0. The molecule has 1 aromatic heterocycles. The Morgan fingerprint density at radius 2 is 2.05 bits per heavy atom. The van der Waals surface area contributed by atoms with E-state index in [9.17, 15) is 4.79 Å². The topological polar surface area (TPSA) is 57.8 Å². The van der Waals surface area contributed by atoms with Crippen LogP contribution in [0, 0.1) is 5.92 Å². The summed E-state index contributed by atoms with van der Waals surface area (Å²) >= 11 is 0. The third-order valence-electron chi connectivity index (χ3n) is 3.44. The smallest absolute Gasteiger partial charge is 0.258 e. The zero-order valence-electron chi connectivity index (χ0n) is 11.7. The van der Waals surface area contributed by atoms with E-state index >= 15 is 0 Å². The largest absolute Gasteiger partial charge is 0.309 e. The van der Waals surface area contributed by atoms with Gasteiger partial charge in [0.05, 0.1) is 17.4 Å². The second-order valence-electron chi connectivity index (χ2n) is 5.17. The van der Waals surface area contributed by atoms with E-state index in [1.54, 1.807) is 6.07 Å². The number of benzene rings is 1. The molecule has 0 spiro atoms. The van der Waals surface area contributed by atoms with Crippen molar-refractivity contribution in [2.45, 2.75) is 39.8 Å². The molecular weight excluding hydrogens is 238 g/mol. The van der Waals surface area contributed by atoms with Gasteiger partial charge < -0.3 is 10.3 Å². The van der Waals surface area contributed by atoms with E-state index in [0.717, 1.165) is 11.9 Å². The second kappa shape index (κ2) is 5.97. The summed E-state index contributed by atoms with van der Waals surface area (Å²) in [6.45, 7) is 7.14. The first kappa shape index (κ1) is 13.7. The molecule has 0 bridgehead atoms. The van der Waals surface area contributed by atoms with E-state index in [2.05, 4.69) is 36.1 Å². The number of hydrogen-bond donors (Lipinski definition) is 2. The fourth-order valence-corrected chi connectivity index (χ4v) is 2.30. The van der Waals surface area contributed by atoms with E-state index in [4.69, 9.17) is 0 Å². The lowest BCUT2D eigenvalue weighted by atomic mass is 10.0. The number of rotatable bonds is 5. The maximum Gasteiger partial charge on any atom is 0.258 e. The fraction of sp³-hybridized carbons (Fsp3) is 0.467. The minimum atomic E-state index is -0.0694. The van der Waals surface area contributed by atoms with Crippen LogP contribution in [0.25, 0.3) is 10.9 Å². The third-order valence-corrected chi connectivity index (χ3v) is 3.44. The monoisotopic (exact) mass is 259 g/mol. The molecule has 102 valence electrons. The Bertz CT molecular complexity index is 604. The van der Waals surface area contributed by atoms with Crippen molar-refractivity contribution in [2.24, 2.45) is 5.92 Å². The second-order valence-corrected chi connectivity index (χ2v) is 5.17. The highest BCUT2D eigenvalue weighted by Crippen LogP contribution is 2.08. The van der Waals surface area contributed by atoms with Crippen molar-refractivity contribution in [3.63, 3.8) is 0 Å². The van der Waals surface area contributed by atoms with Gasteiger partial charge in [0.1, 0.15) is 5.82 Å². The third kappa shape index (κ3) is 3.20. The Morgan fingerprint density at radius 3 is 2.74 bits per heavy atom. The van der Waals surface area contributed by atoms with Gasteiger partial charge in [0.15, 0.2) is 0 Å². The molecule has 0 aliphatic heterocycles. The minimum Gasteiger partial charge on any atom is -0.309 e. The van der Waals surface area contributed by atoms with Gasteiger partial charge >= 0.3 is 0 Å². The normalized spacial score (nSPS) is 13.1. The average molecular weight is 259 g/mol. The maximum atomic E-state index is 11.9. The molecule has 2 N–H and O–H groups in total. The van der Waals surface area contributed by atoms with Crippen LogP contribution in [0.1, 0.15) is 33.0 Å². The van der Waals surface area contributed by atoms with Crippen molar-refractivity contribution in [1.82, 2.24) is 15.3 Å². The van der Waals surface area contributed by atoms with Crippen LogP contribution in [0.2, 0.25) is 0 Å². The molecule has 0 aliphatic carbocycles. The van der Waals surface area contributed by atoms with Crippen LogP contribution in [-0.4, -0.2) is 16.0 Å². The zero-order valence-corrected chi connectivity index (χ0v) is 11.7. The lowest BCUT2D eigenvalue weighted by molar-refractivity contribution is 0.383. The molecule has 0 fully saturated rings. The summed E-state index contributed by atoms with van der Waals surface area (Å²) < 4.78 is 0. The van der Waals surface area contributed by atoms with E-state index in [1.165, 1.54) is 0 Å². The molecule has 2 rings (SSSR count). The van der Waals surface area contributed by atoms with Crippen LogP contribution in [0.15, 0.2) is 29.1 Å². The van der Waals surface area contributed by atoms with Gasteiger partial charge in [-0.25, -0.2) is 4.98 Å². The Hall–Kier alpha value is -1.68. The van der Waals surface area contributed by atoms with Crippen LogP contribution in [0.3, 0.4) is 0 Å². The maximum absolute atomic E-state index is 11.9. The fourth-order valence-electron chi connectivity index (χ4n) is 2.30. The number of nitrogens with one attached hydrogen (secondary N) is 2. The Labute approximate surface area is 113 Å². The van der Waals surface area contributed by atoms with Crippen molar-refractivity contribution in [1.29, 1.82) is 0 Å². The molecular formula is C15H21N3O. The molecule has 4 heteroatoms. The molecule has 0 amide bonds. The SMILES string of the molecule is CCC(NCc1nc2ccccc2c(=O)[nH]1)C(C)C. The van der Waals surface area contributed by atoms with Gasteiger partial charge in [0, 0.05) is 6.04 Å². The molecule has 19 heavy (non-hydrogen) atoms. The van der Waals surface area contributed by atoms with Crippen molar-refractivity contribution >= 4 is 10.9 Å². The zero-order chi connectivity index (χ0) is 13.8. The van der Waals surface area contributed by atoms with Crippen molar-refractivity contribution in [2.75, 3.05) is 0 Å². The van der Waals surface area contributed by atoms with Gasteiger partial charge in [-0.3, -0.25) is 4.79 Å². The number of aromatic amines is 1. The highest BCUT2D eigenvalue weighted by molar-refractivity contribution is 5.77. The van der Waals surface area contributed by atoms with Crippen molar-refractivity contribution in [3.8, 4) is 0 Å². The standard InChI is InChI=1S/C15H21N3O/c1-4-12(10(2)3)16-9-14-17-13-8-6-5-7-11(13)15(19)18-14/h5-8,10,12,16H,4,9H2,1-3H3,(H,17,18,19). The summed E-state index contributed by atoms with van der Waals surface area (Å²) in [5, 5.41) is 4.09. The van der Waals surface area contributed by atoms with Gasteiger partial charge in [-0.05, 0) is 24.5 Å². The first-order chi connectivity index (χ1) is 9.11. The number of aromatic nitrogens is 2. The van der Waals surface area contributed by atoms with E-state index in [0.29, 0.717) is 29.7 Å². The Kier molecular flexibility index (Phi) is 4.32. The molecule has 1 atom stereocenters. The van der Waals surface area contributed by atoms with E-state index < -0.39 is 0 Å². The van der Waals surface area contributed by atoms with Gasteiger partial charge in [-0.1, -0.05) is 32.9 Å². The van der Waals surface area contributed by atoms with Crippen LogP contribution in [0.5, 0.6) is 0 Å². The van der Waals surface area contributed by atoms with Gasteiger partial charge in [-0.15, -0.1) is 0 Å². The minimum absolute atomic E-state index is 0.0694. The quantitative estimate of drug-likeness (QED) is 0.867. The summed E-state index contributed by atoms with van der Waals surface area (Å²) in [6, 6.07) is 7.85. The van der Waals surface area contributed by atoms with Gasteiger partial charge in [0.2, 0.25) is 0 Å². The summed E-state index contributed by atoms with van der Waals surface area (Å²) in [5.41, 5.74) is 0.681. The van der Waals surface area contributed by atoms with Gasteiger partial charge in [0.25, 0.3) is 5.56 Å². The molecule has 4 nitrogen and oxygen atoms in total. The number of para-hydroxylation sites is 1. The number of hydrogen-bond acceptors (Lipinski definition) is 3. The predicted molar refractivity (Wildman–Crippen MR) is 78.1 cm³/mol. The predicted octanol–water partition coefficient (Wildman–Crippen LogP) is 2.45. The molecule has 0 saturated heterocycles. The highest BCUT2D eigenvalue weighted by Gasteiger charge is 2.11. The molecule has 2 aromatic rings. The lowest BCUT2D eigenvalue weighted by Gasteiger charge is -2.20. The van der Waals surface area contributed by atoms with Crippen molar-refractivity contribution in [3.05, 3.63) is 40.4 Å². The van der Waals surface area contributed by atoms with Crippen LogP contribution in [0.4, 0.5) is 0 Å². The van der Waals surface area contributed by atoms with Crippen molar-refractivity contribution < 1.29 is 0 Å². The average Bonchev–Trinajstić information content (AvgIpc) is 2.39. The molecule has 0 aliphatic rings. The summed E-state index contributed by atoms with van der Waals surface area (Å²) in [5.74, 6) is 1.26. The number of H-pyrrole nitrogens is 1. The van der Waals surface area contributed by atoms with Crippen LogP contribution >= 0.6 is 0 Å². The molecule has 0 radical (unpaired) electrons.